The number of aliphatic carboxylic acids is 2. The summed E-state index contributed by atoms with van der Waals surface area (Å²) < 4.78 is -0.369. The van der Waals surface area contributed by atoms with Crippen molar-refractivity contribution >= 4 is 11.9 Å². The van der Waals surface area contributed by atoms with Gasteiger partial charge in [-0.25, -0.2) is 4.79 Å². The Morgan fingerprint density at radius 1 is 1.08 bits per heavy atom. The first kappa shape index (κ1) is 25.8. The monoisotopic (exact) mass is 352 g/mol. The number of aliphatic hydroxyl groups excluding tert-OH is 1. The van der Waals surface area contributed by atoms with Gasteiger partial charge in [0, 0.05) is 19.3 Å². The molecule has 6 nitrogen and oxygen atoms in total. The van der Waals surface area contributed by atoms with Crippen LogP contribution in [0, 0.1) is 0 Å². The molecule has 0 aliphatic heterocycles. The zero-order valence-corrected chi connectivity index (χ0v) is 17.5. The van der Waals surface area contributed by atoms with Gasteiger partial charge in [0.2, 0.25) is 0 Å². The fourth-order valence-corrected chi connectivity index (χ4v) is 3.20. The minimum Gasteiger partial charge on any atom is -0.544 e. The predicted octanol–water partition coefficient (Wildman–Crippen LogP) is -1.71. The van der Waals surface area contributed by atoms with Gasteiger partial charge in [0.1, 0.15) is 6.04 Å². The maximum absolute atomic E-state index is 11.6. The van der Waals surface area contributed by atoms with Crippen LogP contribution in [0.25, 0.3) is 0 Å². The fraction of sp³-hybridized carbons (Fsp3) is 0.765. The number of nitrogens with zero attached hydrogens (tertiary/aromatic N) is 1. The number of unbranched alkanes of at least 4 members (excludes halogenated alkanes) is 2. The Balaban J connectivity index is 0. The molecule has 0 radical (unpaired) electrons. The SMILES string of the molecule is CCC/C=C/CCC[N+](CO)(C(CC)C(=O)[O-])C(CC)C(=O)O.[Na+]. The van der Waals surface area contributed by atoms with Crippen molar-refractivity contribution in [2.24, 2.45) is 0 Å². The molecule has 0 heterocycles. The fourth-order valence-electron chi connectivity index (χ4n) is 3.20. The Labute approximate surface area is 167 Å². The van der Waals surface area contributed by atoms with Crippen molar-refractivity contribution in [3.8, 4) is 0 Å². The van der Waals surface area contributed by atoms with Gasteiger partial charge in [0.25, 0.3) is 0 Å². The van der Waals surface area contributed by atoms with E-state index in [2.05, 4.69) is 13.0 Å². The molecule has 134 valence electrons. The molecule has 0 rings (SSSR count). The largest absolute Gasteiger partial charge is 1.00 e. The van der Waals surface area contributed by atoms with Gasteiger partial charge >= 0.3 is 35.5 Å². The number of carbonyl (C=O) groups excluding carboxylic acids is 1. The van der Waals surface area contributed by atoms with Crippen LogP contribution in [0.15, 0.2) is 12.2 Å². The van der Waals surface area contributed by atoms with E-state index in [9.17, 15) is 24.9 Å². The van der Waals surface area contributed by atoms with Crippen LogP contribution in [-0.2, 0) is 9.59 Å². The van der Waals surface area contributed by atoms with E-state index < -0.39 is 30.8 Å². The van der Waals surface area contributed by atoms with Crippen LogP contribution in [0.2, 0.25) is 0 Å². The zero-order chi connectivity index (χ0) is 17.9. The van der Waals surface area contributed by atoms with Crippen molar-refractivity contribution in [3.05, 3.63) is 12.2 Å². The van der Waals surface area contributed by atoms with Crippen LogP contribution in [0.4, 0.5) is 0 Å². The summed E-state index contributed by atoms with van der Waals surface area (Å²) in [4.78, 5) is 23.1. The van der Waals surface area contributed by atoms with Crippen molar-refractivity contribution in [2.45, 2.75) is 71.4 Å². The summed E-state index contributed by atoms with van der Waals surface area (Å²) >= 11 is 0. The van der Waals surface area contributed by atoms with E-state index in [1.54, 1.807) is 13.8 Å². The third-order valence-corrected chi connectivity index (χ3v) is 4.40. The van der Waals surface area contributed by atoms with Gasteiger partial charge in [-0.1, -0.05) is 39.3 Å². The number of hydrogen-bond acceptors (Lipinski definition) is 4. The molecule has 7 heteroatoms. The standard InChI is InChI=1S/C17H31NO5.Na/c1-4-7-8-9-10-11-12-18(13-19,14(5-2)16(20)21)15(6-3)17(22)23;/h8-9,14-15,19H,4-7,10-13H2,1-3H3,(H-,20,21,22,23);/q;+1/b9-8+;. The predicted molar refractivity (Wildman–Crippen MR) is 86.3 cm³/mol. The Morgan fingerprint density at radius 3 is 2.00 bits per heavy atom. The number of aliphatic hydroxyl groups is 1. The number of carboxylic acids is 2. The molecule has 24 heavy (non-hydrogen) atoms. The molecule has 0 amide bonds. The van der Waals surface area contributed by atoms with Gasteiger partial charge in [-0.2, -0.15) is 0 Å². The van der Waals surface area contributed by atoms with Crippen LogP contribution in [0.5, 0.6) is 0 Å². The first-order valence-corrected chi connectivity index (χ1v) is 8.47. The number of allylic oxidation sites excluding steroid dienone is 2. The van der Waals surface area contributed by atoms with Gasteiger partial charge in [0.05, 0.1) is 12.5 Å². The van der Waals surface area contributed by atoms with Crippen LogP contribution in [0.1, 0.15) is 59.3 Å². The molecule has 0 aromatic carbocycles. The molecule has 0 aromatic heterocycles. The van der Waals surface area contributed by atoms with Crippen molar-refractivity contribution < 1.29 is 58.9 Å². The first-order chi connectivity index (χ1) is 10.9. The molecule has 0 bridgehead atoms. The van der Waals surface area contributed by atoms with Crippen LogP contribution < -0.4 is 34.7 Å². The first-order valence-electron chi connectivity index (χ1n) is 8.47. The second kappa shape index (κ2) is 13.8. The number of hydrogen-bond donors (Lipinski definition) is 2. The van der Waals surface area contributed by atoms with Gasteiger partial charge < -0.3 is 20.1 Å². The van der Waals surface area contributed by atoms with Crippen molar-refractivity contribution in [1.29, 1.82) is 0 Å². The number of rotatable bonds is 13. The van der Waals surface area contributed by atoms with E-state index >= 15 is 0 Å². The Morgan fingerprint density at radius 2 is 1.62 bits per heavy atom. The second-order valence-electron chi connectivity index (χ2n) is 5.88. The average Bonchev–Trinajstić information content (AvgIpc) is 2.50. The van der Waals surface area contributed by atoms with Crippen LogP contribution in [0.3, 0.4) is 0 Å². The molecule has 2 N–H and O–H groups in total. The molecule has 0 saturated carbocycles. The summed E-state index contributed by atoms with van der Waals surface area (Å²) in [7, 11) is 0. The van der Waals surface area contributed by atoms with E-state index in [0.29, 0.717) is 13.0 Å². The maximum atomic E-state index is 11.6. The minimum atomic E-state index is -1.30. The normalized spacial score (nSPS) is 16.2. The summed E-state index contributed by atoms with van der Waals surface area (Å²) in [6, 6.07) is -1.98. The third kappa shape index (κ3) is 7.23. The van der Waals surface area contributed by atoms with Gasteiger partial charge in [-0.15, -0.1) is 0 Å². The molecule has 0 aliphatic carbocycles. The summed E-state index contributed by atoms with van der Waals surface area (Å²) in [5.41, 5.74) is 0. The summed E-state index contributed by atoms with van der Waals surface area (Å²) in [6.45, 7) is 5.24. The molecule has 0 saturated heterocycles. The summed E-state index contributed by atoms with van der Waals surface area (Å²) in [5.74, 6) is -2.38. The number of carbonyl (C=O) groups is 2. The molecule has 3 unspecified atom stereocenters. The van der Waals surface area contributed by atoms with Crippen LogP contribution >= 0.6 is 0 Å². The van der Waals surface area contributed by atoms with Gasteiger partial charge in [-0.05, 0) is 12.8 Å². The van der Waals surface area contributed by atoms with Crippen molar-refractivity contribution in [1.82, 2.24) is 0 Å². The minimum absolute atomic E-state index is 0. The second-order valence-corrected chi connectivity index (χ2v) is 5.88. The van der Waals surface area contributed by atoms with Gasteiger partial charge in [0.15, 0.2) is 12.8 Å². The molecule has 0 spiro atoms. The summed E-state index contributed by atoms with van der Waals surface area (Å²) in [6.07, 6.45) is 7.98. The van der Waals surface area contributed by atoms with E-state index in [-0.39, 0.29) is 46.9 Å². The Hall–Kier alpha value is -0.400. The Kier molecular flexibility index (Phi) is 14.9. The third-order valence-electron chi connectivity index (χ3n) is 4.40. The quantitative estimate of drug-likeness (QED) is 0.135. The van der Waals surface area contributed by atoms with Crippen LogP contribution in [-0.4, -0.2) is 52.0 Å². The molecule has 0 fully saturated rings. The van der Waals surface area contributed by atoms with Crippen molar-refractivity contribution in [3.63, 3.8) is 0 Å². The molecule has 3 atom stereocenters. The van der Waals surface area contributed by atoms with E-state index in [0.717, 1.165) is 19.3 Å². The molecular formula is C17H31NNaO5+. The van der Waals surface area contributed by atoms with E-state index in [1.807, 2.05) is 6.08 Å². The van der Waals surface area contributed by atoms with E-state index in [4.69, 9.17) is 0 Å². The molecule has 0 aliphatic rings. The molecule has 0 aromatic rings. The smallest absolute Gasteiger partial charge is 0.544 e. The van der Waals surface area contributed by atoms with Crippen molar-refractivity contribution in [2.75, 3.05) is 13.3 Å². The van der Waals surface area contributed by atoms with E-state index in [1.165, 1.54) is 0 Å². The zero-order valence-electron chi connectivity index (χ0n) is 15.5. The maximum Gasteiger partial charge on any atom is 1.00 e. The van der Waals surface area contributed by atoms with Gasteiger partial charge in [-0.3, -0.25) is 4.48 Å². The average molecular weight is 352 g/mol. The molecular weight excluding hydrogens is 321 g/mol. The Bertz CT molecular complexity index is 378. The number of quaternary nitrogens is 1. The topological polar surface area (TPSA) is 97.7 Å². The summed E-state index contributed by atoms with van der Waals surface area (Å²) in [5, 5.41) is 30.9. The number of carboxylic acid groups (broad SMARTS) is 2.